The maximum Gasteiger partial charge on any atom is 0.146 e. The van der Waals surface area contributed by atoms with Gasteiger partial charge in [-0.05, 0) is 37.5 Å². The van der Waals surface area contributed by atoms with Gasteiger partial charge < -0.3 is 11.1 Å². The molecule has 0 heterocycles. The number of anilines is 1. The van der Waals surface area contributed by atoms with Gasteiger partial charge in [-0.15, -0.1) is 0 Å². The fourth-order valence-corrected chi connectivity index (χ4v) is 1.68. The smallest absolute Gasteiger partial charge is 0.146 e. The SMILES string of the molecule is C=C(Nc1ccc(C(C)(F)C(C)C)cc1)C(N)=N/C=C\C. The van der Waals surface area contributed by atoms with Gasteiger partial charge in [0.05, 0.1) is 5.70 Å². The van der Waals surface area contributed by atoms with Gasteiger partial charge in [-0.25, -0.2) is 9.38 Å². The molecule has 1 aromatic rings. The summed E-state index contributed by atoms with van der Waals surface area (Å²) in [4.78, 5) is 4.01. The number of hydrogen-bond donors (Lipinski definition) is 2. The van der Waals surface area contributed by atoms with E-state index in [1.807, 2.05) is 32.9 Å². The lowest BCUT2D eigenvalue weighted by Crippen LogP contribution is -2.22. The van der Waals surface area contributed by atoms with E-state index in [0.29, 0.717) is 17.1 Å². The monoisotopic (exact) mass is 289 g/mol. The van der Waals surface area contributed by atoms with E-state index in [2.05, 4.69) is 16.9 Å². The first kappa shape index (κ1) is 17.0. The molecule has 0 saturated heterocycles. The first-order valence-corrected chi connectivity index (χ1v) is 6.99. The number of nitrogens with zero attached hydrogens (tertiary/aromatic N) is 1. The van der Waals surface area contributed by atoms with Crippen molar-refractivity contribution in [3.05, 3.63) is 54.4 Å². The van der Waals surface area contributed by atoms with Crippen LogP contribution in [0, 0.1) is 5.92 Å². The van der Waals surface area contributed by atoms with Crippen LogP contribution < -0.4 is 11.1 Å². The number of hydrogen-bond acceptors (Lipinski definition) is 2. The predicted octanol–water partition coefficient (Wildman–Crippen LogP) is 4.34. The Balaban J connectivity index is 2.83. The van der Waals surface area contributed by atoms with Crippen LogP contribution in [-0.2, 0) is 5.67 Å². The largest absolute Gasteiger partial charge is 0.382 e. The fraction of sp³-hybridized carbons (Fsp3) is 0.353. The first-order chi connectivity index (χ1) is 9.78. The highest BCUT2D eigenvalue weighted by Gasteiger charge is 2.29. The number of aliphatic imine (C=N–C) groups is 1. The average molecular weight is 289 g/mol. The topological polar surface area (TPSA) is 50.4 Å². The third-order valence-electron chi connectivity index (χ3n) is 3.50. The van der Waals surface area contributed by atoms with Crippen LogP contribution in [0.5, 0.6) is 0 Å². The minimum Gasteiger partial charge on any atom is -0.382 e. The van der Waals surface area contributed by atoms with Crippen molar-refractivity contribution in [3.63, 3.8) is 0 Å². The third kappa shape index (κ3) is 4.45. The summed E-state index contributed by atoms with van der Waals surface area (Å²) in [7, 11) is 0. The summed E-state index contributed by atoms with van der Waals surface area (Å²) in [5, 5.41) is 3.05. The lowest BCUT2D eigenvalue weighted by atomic mass is 9.87. The Morgan fingerprint density at radius 2 is 1.95 bits per heavy atom. The van der Waals surface area contributed by atoms with Crippen molar-refractivity contribution in [2.45, 2.75) is 33.4 Å². The summed E-state index contributed by atoms with van der Waals surface area (Å²) in [5.41, 5.74) is 6.38. The van der Waals surface area contributed by atoms with Gasteiger partial charge in [0.2, 0.25) is 0 Å². The molecule has 3 nitrogen and oxygen atoms in total. The number of alkyl halides is 1. The van der Waals surface area contributed by atoms with Gasteiger partial charge in [-0.3, -0.25) is 0 Å². The Morgan fingerprint density at radius 1 is 1.38 bits per heavy atom. The second-order valence-electron chi connectivity index (χ2n) is 5.41. The molecule has 3 N–H and O–H groups in total. The molecule has 0 spiro atoms. The highest BCUT2D eigenvalue weighted by molar-refractivity contribution is 5.99. The number of amidine groups is 1. The Morgan fingerprint density at radius 3 is 2.43 bits per heavy atom. The summed E-state index contributed by atoms with van der Waals surface area (Å²) < 4.78 is 14.5. The Labute approximate surface area is 126 Å². The molecule has 4 heteroatoms. The standard InChI is InChI=1S/C17H24FN3/c1-6-11-20-16(19)13(4)21-15-9-7-14(8-10-15)17(5,18)12(2)3/h6-12,21H,4H2,1-3,5H3,(H2,19,20)/b11-6-. The van der Waals surface area contributed by atoms with Gasteiger partial charge in [-0.2, -0.15) is 0 Å². The van der Waals surface area contributed by atoms with Crippen LogP contribution in [0.25, 0.3) is 0 Å². The summed E-state index contributed by atoms with van der Waals surface area (Å²) in [6, 6.07) is 7.16. The zero-order valence-corrected chi connectivity index (χ0v) is 13.2. The van der Waals surface area contributed by atoms with Crippen LogP contribution in [0.2, 0.25) is 0 Å². The summed E-state index contributed by atoms with van der Waals surface area (Å²) in [6.45, 7) is 11.0. The Kier molecular flexibility index (Phi) is 5.70. The van der Waals surface area contributed by atoms with Crippen LogP contribution in [0.3, 0.4) is 0 Å². The lowest BCUT2D eigenvalue weighted by Gasteiger charge is -2.25. The molecule has 21 heavy (non-hydrogen) atoms. The average Bonchev–Trinajstić information content (AvgIpc) is 2.45. The van der Waals surface area contributed by atoms with Crippen LogP contribution in [0.15, 0.2) is 53.8 Å². The van der Waals surface area contributed by atoms with Crippen LogP contribution in [-0.4, -0.2) is 5.84 Å². The van der Waals surface area contributed by atoms with E-state index < -0.39 is 5.67 Å². The molecule has 0 aliphatic rings. The van der Waals surface area contributed by atoms with Gasteiger partial charge in [0.15, 0.2) is 0 Å². The van der Waals surface area contributed by atoms with Gasteiger partial charge in [0.1, 0.15) is 11.5 Å². The van der Waals surface area contributed by atoms with Gasteiger partial charge in [0.25, 0.3) is 0 Å². The Hall–Kier alpha value is -2.10. The Bertz CT molecular complexity index is 540. The molecular formula is C17H24FN3. The number of rotatable bonds is 6. The van der Waals surface area contributed by atoms with Gasteiger partial charge >= 0.3 is 0 Å². The van der Waals surface area contributed by atoms with Crippen molar-refractivity contribution in [3.8, 4) is 0 Å². The molecule has 1 aromatic carbocycles. The maximum absolute atomic E-state index is 14.5. The lowest BCUT2D eigenvalue weighted by molar-refractivity contribution is 0.123. The second kappa shape index (κ2) is 7.07. The summed E-state index contributed by atoms with van der Waals surface area (Å²) >= 11 is 0. The molecule has 1 unspecified atom stereocenters. The molecule has 0 bridgehead atoms. The molecule has 0 aliphatic carbocycles. The van der Waals surface area contributed by atoms with Crippen molar-refractivity contribution in [2.75, 3.05) is 5.32 Å². The summed E-state index contributed by atoms with van der Waals surface area (Å²) in [6.07, 6.45) is 3.38. The number of benzene rings is 1. The fourth-order valence-electron chi connectivity index (χ4n) is 1.68. The van der Waals surface area contributed by atoms with Gasteiger partial charge in [-0.1, -0.05) is 38.6 Å². The summed E-state index contributed by atoms with van der Waals surface area (Å²) in [5.74, 6) is 0.226. The highest BCUT2D eigenvalue weighted by atomic mass is 19.1. The number of nitrogens with two attached hydrogens (primary N) is 1. The molecule has 1 atom stereocenters. The number of allylic oxidation sites excluding steroid dienone is 1. The quantitative estimate of drug-likeness (QED) is 0.604. The number of halogens is 1. The van der Waals surface area contributed by atoms with E-state index in [9.17, 15) is 4.39 Å². The first-order valence-electron chi connectivity index (χ1n) is 6.99. The molecule has 1 rings (SSSR count). The zero-order valence-electron chi connectivity index (χ0n) is 13.2. The van der Waals surface area contributed by atoms with Crippen molar-refractivity contribution in [1.29, 1.82) is 0 Å². The maximum atomic E-state index is 14.5. The molecule has 0 amide bonds. The zero-order chi connectivity index (χ0) is 16.0. The molecule has 114 valence electrons. The van der Waals surface area contributed by atoms with Crippen LogP contribution in [0.4, 0.5) is 10.1 Å². The van der Waals surface area contributed by atoms with Crippen LogP contribution in [0.1, 0.15) is 33.3 Å². The minimum atomic E-state index is -1.35. The molecule has 0 aliphatic heterocycles. The minimum absolute atomic E-state index is 0.0881. The van der Waals surface area contributed by atoms with E-state index >= 15 is 0 Å². The van der Waals surface area contributed by atoms with E-state index in [1.165, 1.54) is 0 Å². The number of nitrogens with one attached hydrogen (secondary N) is 1. The van der Waals surface area contributed by atoms with E-state index in [4.69, 9.17) is 5.73 Å². The van der Waals surface area contributed by atoms with Crippen molar-refractivity contribution >= 4 is 11.5 Å². The van der Waals surface area contributed by atoms with Crippen molar-refractivity contribution < 1.29 is 4.39 Å². The predicted molar refractivity (Wildman–Crippen MR) is 88.9 cm³/mol. The van der Waals surface area contributed by atoms with E-state index in [-0.39, 0.29) is 5.92 Å². The van der Waals surface area contributed by atoms with Crippen molar-refractivity contribution in [1.82, 2.24) is 0 Å². The van der Waals surface area contributed by atoms with E-state index in [0.717, 1.165) is 5.69 Å². The second-order valence-corrected chi connectivity index (χ2v) is 5.41. The molecule has 0 fully saturated rings. The highest BCUT2D eigenvalue weighted by Crippen LogP contribution is 2.33. The van der Waals surface area contributed by atoms with Crippen molar-refractivity contribution in [2.24, 2.45) is 16.6 Å². The molecular weight excluding hydrogens is 265 g/mol. The van der Waals surface area contributed by atoms with E-state index in [1.54, 1.807) is 31.3 Å². The molecule has 0 radical (unpaired) electrons. The normalized spacial score (nSPS) is 15.2. The van der Waals surface area contributed by atoms with Crippen LogP contribution >= 0.6 is 0 Å². The molecule has 0 aromatic heterocycles. The van der Waals surface area contributed by atoms with Gasteiger partial charge in [0, 0.05) is 11.9 Å². The third-order valence-corrected chi connectivity index (χ3v) is 3.50. The molecule has 0 saturated carbocycles.